The van der Waals surface area contributed by atoms with Gasteiger partial charge in [0.25, 0.3) is 5.88 Å². The number of carbonyl (C=O) groups is 1. The molecule has 2 rings (SSSR count). The summed E-state index contributed by atoms with van der Waals surface area (Å²) in [5.41, 5.74) is 0. The SMILES string of the molecule is Cc1cc(O)c(N2C=CC(C)NC2=O)o1. The van der Waals surface area contributed by atoms with E-state index in [0.717, 1.165) is 0 Å². The fourth-order valence-corrected chi connectivity index (χ4v) is 1.42. The zero-order chi connectivity index (χ0) is 11.0. The fourth-order valence-electron chi connectivity index (χ4n) is 1.42. The Morgan fingerprint density at radius 1 is 1.60 bits per heavy atom. The number of aromatic hydroxyl groups is 1. The molecule has 1 aliphatic heterocycles. The molecule has 0 saturated heterocycles. The van der Waals surface area contributed by atoms with Crippen LogP contribution in [0, 0.1) is 6.92 Å². The van der Waals surface area contributed by atoms with Crippen molar-refractivity contribution in [3.8, 4) is 5.75 Å². The van der Waals surface area contributed by atoms with Crippen LogP contribution >= 0.6 is 0 Å². The first-order valence-electron chi connectivity index (χ1n) is 4.65. The van der Waals surface area contributed by atoms with Crippen LogP contribution in [0.15, 0.2) is 22.8 Å². The zero-order valence-corrected chi connectivity index (χ0v) is 8.52. The largest absolute Gasteiger partial charge is 0.503 e. The topological polar surface area (TPSA) is 65.7 Å². The molecule has 2 heterocycles. The third kappa shape index (κ3) is 1.68. The van der Waals surface area contributed by atoms with E-state index in [-0.39, 0.29) is 23.7 Å². The number of amides is 2. The number of furan rings is 1. The van der Waals surface area contributed by atoms with Crippen molar-refractivity contribution in [3.63, 3.8) is 0 Å². The minimum atomic E-state index is -0.311. The highest BCUT2D eigenvalue weighted by Crippen LogP contribution is 2.31. The van der Waals surface area contributed by atoms with E-state index in [4.69, 9.17) is 4.42 Å². The predicted molar refractivity (Wildman–Crippen MR) is 54.7 cm³/mol. The van der Waals surface area contributed by atoms with Gasteiger partial charge in [0.2, 0.25) is 0 Å². The molecule has 1 aliphatic rings. The van der Waals surface area contributed by atoms with E-state index in [9.17, 15) is 9.90 Å². The Hall–Kier alpha value is -1.91. The van der Waals surface area contributed by atoms with Crippen LogP contribution in [0.25, 0.3) is 0 Å². The highest BCUT2D eigenvalue weighted by atomic mass is 16.4. The second kappa shape index (κ2) is 3.34. The minimum Gasteiger partial charge on any atom is -0.503 e. The van der Waals surface area contributed by atoms with Gasteiger partial charge in [0.05, 0.1) is 0 Å². The second-order valence-corrected chi connectivity index (χ2v) is 3.50. The van der Waals surface area contributed by atoms with Crippen molar-refractivity contribution in [2.75, 3.05) is 4.90 Å². The Kier molecular flexibility index (Phi) is 2.15. The first kappa shape index (κ1) is 9.64. The quantitative estimate of drug-likeness (QED) is 0.738. The summed E-state index contributed by atoms with van der Waals surface area (Å²) >= 11 is 0. The molecule has 2 amide bonds. The van der Waals surface area contributed by atoms with Crippen molar-refractivity contribution in [1.82, 2.24) is 5.32 Å². The summed E-state index contributed by atoms with van der Waals surface area (Å²) in [4.78, 5) is 12.8. The number of anilines is 1. The smallest absolute Gasteiger partial charge is 0.328 e. The molecule has 1 aromatic rings. The lowest BCUT2D eigenvalue weighted by molar-refractivity contribution is 0.244. The van der Waals surface area contributed by atoms with Gasteiger partial charge in [0.1, 0.15) is 5.76 Å². The van der Waals surface area contributed by atoms with Crippen LogP contribution in [0.1, 0.15) is 12.7 Å². The van der Waals surface area contributed by atoms with Crippen molar-refractivity contribution < 1.29 is 14.3 Å². The van der Waals surface area contributed by atoms with E-state index in [2.05, 4.69) is 5.32 Å². The van der Waals surface area contributed by atoms with E-state index in [1.165, 1.54) is 11.0 Å². The predicted octanol–water partition coefficient (Wildman–Crippen LogP) is 1.73. The second-order valence-electron chi connectivity index (χ2n) is 3.50. The van der Waals surface area contributed by atoms with Crippen LogP contribution in [0.2, 0.25) is 0 Å². The van der Waals surface area contributed by atoms with Crippen LogP contribution in [-0.4, -0.2) is 17.2 Å². The van der Waals surface area contributed by atoms with Crippen LogP contribution in [0.5, 0.6) is 5.75 Å². The van der Waals surface area contributed by atoms with Crippen molar-refractivity contribution in [3.05, 3.63) is 24.1 Å². The van der Waals surface area contributed by atoms with Crippen molar-refractivity contribution in [1.29, 1.82) is 0 Å². The Bertz CT molecular complexity index is 422. The fraction of sp³-hybridized carbons (Fsp3) is 0.300. The summed E-state index contributed by atoms with van der Waals surface area (Å²) in [7, 11) is 0. The van der Waals surface area contributed by atoms with Gasteiger partial charge in [-0.3, -0.25) is 0 Å². The average Bonchev–Trinajstić information content (AvgIpc) is 2.45. The Labute approximate surface area is 87.0 Å². The van der Waals surface area contributed by atoms with Gasteiger partial charge < -0.3 is 14.8 Å². The average molecular weight is 208 g/mol. The maximum atomic E-state index is 11.6. The summed E-state index contributed by atoms with van der Waals surface area (Å²) in [6, 6.07) is 1.15. The summed E-state index contributed by atoms with van der Waals surface area (Å²) in [6.07, 6.45) is 3.39. The van der Waals surface area contributed by atoms with Crippen molar-refractivity contribution in [2.45, 2.75) is 19.9 Å². The minimum absolute atomic E-state index is 0.00745. The van der Waals surface area contributed by atoms with E-state index < -0.39 is 0 Å². The lowest BCUT2D eigenvalue weighted by Crippen LogP contribution is -2.44. The molecule has 0 aliphatic carbocycles. The highest BCUT2D eigenvalue weighted by Gasteiger charge is 2.24. The third-order valence-electron chi connectivity index (χ3n) is 2.13. The van der Waals surface area contributed by atoms with Crippen LogP contribution in [0.3, 0.4) is 0 Å². The maximum absolute atomic E-state index is 11.6. The van der Waals surface area contributed by atoms with Gasteiger partial charge in [-0.05, 0) is 19.9 Å². The standard InChI is InChI=1S/C10H12N2O3/c1-6-3-4-12(10(14)11-6)9-8(13)5-7(2)15-9/h3-6,13H,1-2H3,(H,11,14). The van der Waals surface area contributed by atoms with Crippen LogP contribution < -0.4 is 10.2 Å². The normalized spacial score (nSPS) is 20.5. The Morgan fingerprint density at radius 2 is 2.33 bits per heavy atom. The summed E-state index contributed by atoms with van der Waals surface area (Å²) in [6.45, 7) is 3.57. The van der Waals surface area contributed by atoms with E-state index in [0.29, 0.717) is 5.76 Å². The number of aryl methyl sites for hydroxylation is 1. The third-order valence-corrected chi connectivity index (χ3v) is 2.13. The highest BCUT2D eigenvalue weighted by molar-refractivity contribution is 5.95. The van der Waals surface area contributed by atoms with Crippen molar-refractivity contribution >= 4 is 11.9 Å². The molecule has 0 fully saturated rings. The lowest BCUT2D eigenvalue weighted by Gasteiger charge is -2.23. The molecular formula is C10H12N2O3. The van der Waals surface area contributed by atoms with Gasteiger partial charge >= 0.3 is 6.03 Å². The molecule has 0 aromatic carbocycles. The molecule has 0 saturated carbocycles. The summed E-state index contributed by atoms with van der Waals surface area (Å²) in [5, 5.41) is 12.2. The molecule has 15 heavy (non-hydrogen) atoms. The number of nitrogens with zero attached hydrogens (tertiary/aromatic N) is 1. The van der Waals surface area contributed by atoms with E-state index in [1.54, 1.807) is 19.2 Å². The first-order valence-corrected chi connectivity index (χ1v) is 4.65. The molecule has 1 unspecified atom stereocenters. The molecule has 0 spiro atoms. The number of hydrogen-bond donors (Lipinski definition) is 2. The number of rotatable bonds is 1. The molecule has 1 atom stereocenters. The number of hydrogen-bond acceptors (Lipinski definition) is 3. The number of urea groups is 1. The Balaban J connectivity index is 2.35. The lowest BCUT2D eigenvalue weighted by atomic mass is 10.3. The van der Waals surface area contributed by atoms with Crippen LogP contribution in [0.4, 0.5) is 10.7 Å². The van der Waals surface area contributed by atoms with Gasteiger partial charge in [0.15, 0.2) is 5.75 Å². The van der Waals surface area contributed by atoms with Gasteiger partial charge in [0, 0.05) is 18.3 Å². The molecule has 2 N–H and O–H groups in total. The van der Waals surface area contributed by atoms with Gasteiger partial charge in [-0.1, -0.05) is 0 Å². The number of carbonyl (C=O) groups excluding carboxylic acids is 1. The molecular weight excluding hydrogens is 196 g/mol. The van der Waals surface area contributed by atoms with Crippen molar-refractivity contribution in [2.24, 2.45) is 0 Å². The molecule has 0 radical (unpaired) electrons. The maximum Gasteiger partial charge on any atom is 0.328 e. The summed E-state index contributed by atoms with van der Waals surface area (Å²) < 4.78 is 5.22. The van der Waals surface area contributed by atoms with E-state index >= 15 is 0 Å². The summed E-state index contributed by atoms with van der Waals surface area (Å²) in [5.74, 6) is 0.664. The zero-order valence-electron chi connectivity index (χ0n) is 8.52. The first-order chi connectivity index (χ1) is 7.08. The van der Waals surface area contributed by atoms with Gasteiger partial charge in [-0.2, -0.15) is 0 Å². The molecule has 5 heteroatoms. The van der Waals surface area contributed by atoms with Crippen LogP contribution in [-0.2, 0) is 0 Å². The molecule has 0 bridgehead atoms. The Morgan fingerprint density at radius 3 is 2.87 bits per heavy atom. The van der Waals surface area contributed by atoms with Gasteiger partial charge in [-0.15, -0.1) is 0 Å². The van der Waals surface area contributed by atoms with E-state index in [1.807, 2.05) is 6.92 Å². The monoisotopic (exact) mass is 208 g/mol. The molecule has 1 aromatic heterocycles. The van der Waals surface area contributed by atoms with Gasteiger partial charge in [-0.25, -0.2) is 9.69 Å². The number of nitrogens with one attached hydrogen (secondary N) is 1. The molecule has 5 nitrogen and oxygen atoms in total. The molecule has 80 valence electrons.